The molecule has 1 unspecified atom stereocenters. The lowest BCUT2D eigenvalue weighted by Crippen LogP contribution is -2.31. The van der Waals surface area contributed by atoms with Crippen LogP contribution in [0.1, 0.15) is 25.5 Å². The third-order valence-electron chi connectivity index (χ3n) is 2.46. The summed E-state index contributed by atoms with van der Waals surface area (Å²) in [5.41, 5.74) is 0. The van der Waals surface area contributed by atoms with Crippen molar-refractivity contribution < 1.29 is 14.3 Å². The van der Waals surface area contributed by atoms with E-state index in [0.717, 1.165) is 38.2 Å². The molecule has 0 aromatic carbocycles. The second-order valence-corrected chi connectivity index (χ2v) is 4.12. The van der Waals surface area contributed by atoms with Crippen molar-refractivity contribution in [3.05, 3.63) is 24.2 Å². The Labute approximate surface area is 103 Å². The molecule has 0 aliphatic carbocycles. The second kappa shape index (κ2) is 9.22. The number of nitrogens with one attached hydrogen (secondary N) is 1. The molecule has 0 saturated carbocycles. The monoisotopic (exact) mass is 241 g/mol. The van der Waals surface area contributed by atoms with Crippen molar-refractivity contribution in [1.82, 2.24) is 5.32 Å². The molecule has 17 heavy (non-hydrogen) atoms. The number of hydrogen-bond acceptors (Lipinski definition) is 4. The quantitative estimate of drug-likeness (QED) is 0.611. The fourth-order valence-electron chi connectivity index (χ4n) is 1.46. The van der Waals surface area contributed by atoms with Crippen LogP contribution < -0.4 is 5.32 Å². The molecule has 0 radical (unpaired) electrons. The number of hydrogen-bond donors (Lipinski definition) is 2. The van der Waals surface area contributed by atoms with Crippen LogP contribution in [0.15, 0.2) is 22.8 Å². The van der Waals surface area contributed by atoms with Gasteiger partial charge in [-0.3, -0.25) is 0 Å². The van der Waals surface area contributed by atoms with Crippen molar-refractivity contribution in [1.29, 1.82) is 0 Å². The Morgan fingerprint density at radius 1 is 1.53 bits per heavy atom. The van der Waals surface area contributed by atoms with Crippen LogP contribution >= 0.6 is 0 Å². The van der Waals surface area contributed by atoms with Gasteiger partial charge in [-0.1, -0.05) is 13.3 Å². The number of rotatable bonds is 10. The maximum atomic E-state index is 9.59. The van der Waals surface area contributed by atoms with Crippen molar-refractivity contribution in [3.8, 4) is 0 Å². The van der Waals surface area contributed by atoms with Crippen molar-refractivity contribution in [2.45, 2.75) is 32.3 Å². The Morgan fingerprint density at radius 3 is 3.12 bits per heavy atom. The standard InChI is InChI=1S/C13H23NO3/c1-2-3-8-16-11-12(15)10-14-7-6-13-5-4-9-17-13/h4-5,9,12,14-15H,2-3,6-8,10-11H2,1H3. The average molecular weight is 241 g/mol. The third-order valence-corrected chi connectivity index (χ3v) is 2.46. The van der Waals surface area contributed by atoms with E-state index in [1.54, 1.807) is 6.26 Å². The Balaban J connectivity index is 1.91. The summed E-state index contributed by atoms with van der Waals surface area (Å²) in [7, 11) is 0. The minimum atomic E-state index is -0.427. The average Bonchev–Trinajstić information content (AvgIpc) is 2.83. The number of ether oxygens (including phenoxy) is 1. The SMILES string of the molecule is CCCCOCC(O)CNCCc1ccco1. The topological polar surface area (TPSA) is 54.6 Å². The second-order valence-electron chi connectivity index (χ2n) is 4.12. The highest BCUT2D eigenvalue weighted by atomic mass is 16.5. The van der Waals surface area contributed by atoms with Gasteiger partial charge in [0.15, 0.2) is 0 Å². The molecule has 1 atom stereocenters. The summed E-state index contributed by atoms with van der Waals surface area (Å²) < 4.78 is 10.5. The normalized spacial score (nSPS) is 12.8. The Bertz CT molecular complexity index is 262. The Hall–Kier alpha value is -0.840. The lowest BCUT2D eigenvalue weighted by molar-refractivity contribution is 0.0360. The zero-order chi connectivity index (χ0) is 12.3. The zero-order valence-corrected chi connectivity index (χ0v) is 10.5. The first-order valence-corrected chi connectivity index (χ1v) is 6.31. The summed E-state index contributed by atoms with van der Waals surface area (Å²) in [4.78, 5) is 0. The molecule has 0 bridgehead atoms. The molecule has 1 aromatic rings. The minimum absolute atomic E-state index is 0.410. The fourth-order valence-corrected chi connectivity index (χ4v) is 1.46. The lowest BCUT2D eigenvalue weighted by atomic mass is 10.3. The predicted molar refractivity (Wildman–Crippen MR) is 67.0 cm³/mol. The van der Waals surface area contributed by atoms with Gasteiger partial charge in [-0.25, -0.2) is 0 Å². The first-order valence-electron chi connectivity index (χ1n) is 6.31. The molecule has 0 spiro atoms. The van der Waals surface area contributed by atoms with Gasteiger partial charge < -0.3 is 19.6 Å². The number of unbranched alkanes of at least 4 members (excludes halogenated alkanes) is 1. The maximum Gasteiger partial charge on any atom is 0.105 e. The van der Waals surface area contributed by atoms with Gasteiger partial charge in [0, 0.05) is 26.1 Å². The Kier molecular flexibility index (Phi) is 7.71. The van der Waals surface area contributed by atoms with Crippen LogP contribution in [0.4, 0.5) is 0 Å². The zero-order valence-electron chi connectivity index (χ0n) is 10.5. The first-order chi connectivity index (χ1) is 8.33. The molecule has 98 valence electrons. The molecular formula is C13H23NO3. The van der Waals surface area contributed by atoms with Crippen molar-refractivity contribution in [2.75, 3.05) is 26.3 Å². The van der Waals surface area contributed by atoms with Crippen molar-refractivity contribution in [2.24, 2.45) is 0 Å². The van der Waals surface area contributed by atoms with E-state index in [-0.39, 0.29) is 0 Å². The number of aliphatic hydroxyl groups is 1. The largest absolute Gasteiger partial charge is 0.469 e. The van der Waals surface area contributed by atoms with E-state index in [0.29, 0.717) is 13.2 Å². The summed E-state index contributed by atoms with van der Waals surface area (Å²) in [6, 6.07) is 3.83. The highest BCUT2D eigenvalue weighted by Gasteiger charge is 2.03. The molecule has 0 aliphatic heterocycles. The maximum absolute atomic E-state index is 9.59. The summed E-state index contributed by atoms with van der Waals surface area (Å²) in [6.07, 6.45) is 4.27. The summed E-state index contributed by atoms with van der Waals surface area (Å²) >= 11 is 0. The molecule has 0 amide bonds. The summed E-state index contributed by atoms with van der Waals surface area (Å²) in [6.45, 7) is 4.63. The molecule has 4 nitrogen and oxygen atoms in total. The minimum Gasteiger partial charge on any atom is -0.469 e. The van der Waals surface area contributed by atoms with Gasteiger partial charge >= 0.3 is 0 Å². The van der Waals surface area contributed by atoms with Crippen LogP contribution in [0.2, 0.25) is 0 Å². The van der Waals surface area contributed by atoms with Crippen LogP contribution in [0, 0.1) is 0 Å². The van der Waals surface area contributed by atoms with Crippen LogP contribution in [0.5, 0.6) is 0 Å². The molecular weight excluding hydrogens is 218 g/mol. The molecule has 0 saturated heterocycles. The van der Waals surface area contributed by atoms with Crippen LogP contribution in [-0.2, 0) is 11.2 Å². The van der Waals surface area contributed by atoms with Gasteiger partial charge in [-0.2, -0.15) is 0 Å². The molecule has 1 heterocycles. The van der Waals surface area contributed by atoms with Gasteiger partial charge in [0.25, 0.3) is 0 Å². The predicted octanol–water partition coefficient (Wildman–Crippen LogP) is 1.59. The van der Waals surface area contributed by atoms with E-state index in [2.05, 4.69) is 12.2 Å². The smallest absolute Gasteiger partial charge is 0.105 e. The molecule has 0 aliphatic rings. The first kappa shape index (κ1) is 14.2. The van der Waals surface area contributed by atoms with Crippen LogP contribution in [-0.4, -0.2) is 37.5 Å². The summed E-state index contributed by atoms with van der Waals surface area (Å²) in [5, 5.41) is 12.8. The van der Waals surface area contributed by atoms with Gasteiger partial charge in [-0.15, -0.1) is 0 Å². The fraction of sp³-hybridized carbons (Fsp3) is 0.692. The molecule has 2 N–H and O–H groups in total. The summed E-state index contributed by atoms with van der Waals surface area (Å²) in [5.74, 6) is 0.964. The van der Waals surface area contributed by atoms with E-state index >= 15 is 0 Å². The van der Waals surface area contributed by atoms with Crippen LogP contribution in [0.3, 0.4) is 0 Å². The van der Waals surface area contributed by atoms with E-state index < -0.39 is 6.10 Å². The van der Waals surface area contributed by atoms with Gasteiger partial charge in [0.05, 0.1) is 19.0 Å². The van der Waals surface area contributed by atoms with E-state index in [1.165, 1.54) is 0 Å². The molecule has 1 aromatic heterocycles. The highest BCUT2D eigenvalue weighted by Crippen LogP contribution is 1.99. The van der Waals surface area contributed by atoms with E-state index in [1.807, 2.05) is 12.1 Å². The molecule has 4 heteroatoms. The number of furan rings is 1. The van der Waals surface area contributed by atoms with E-state index in [9.17, 15) is 5.11 Å². The van der Waals surface area contributed by atoms with Crippen molar-refractivity contribution >= 4 is 0 Å². The van der Waals surface area contributed by atoms with Gasteiger partial charge in [0.1, 0.15) is 5.76 Å². The number of aliphatic hydroxyl groups excluding tert-OH is 1. The van der Waals surface area contributed by atoms with E-state index in [4.69, 9.17) is 9.15 Å². The highest BCUT2D eigenvalue weighted by molar-refractivity contribution is 4.98. The van der Waals surface area contributed by atoms with Gasteiger partial charge in [0.2, 0.25) is 0 Å². The molecule has 0 fully saturated rings. The molecule has 1 rings (SSSR count). The lowest BCUT2D eigenvalue weighted by Gasteiger charge is -2.11. The van der Waals surface area contributed by atoms with Gasteiger partial charge in [-0.05, 0) is 18.6 Å². The third kappa shape index (κ3) is 7.15. The Morgan fingerprint density at radius 2 is 2.41 bits per heavy atom. The van der Waals surface area contributed by atoms with Crippen molar-refractivity contribution in [3.63, 3.8) is 0 Å². The van der Waals surface area contributed by atoms with Crippen LogP contribution in [0.25, 0.3) is 0 Å².